The van der Waals surface area contributed by atoms with Gasteiger partial charge in [-0.15, -0.1) is 0 Å². The zero-order valence-corrected chi connectivity index (χ0v) is 17.9. The van der Waals surface area contributed by atoms with Gasteiger partial charge in [-0.1, -0.05) is 23.2 Å². The molecule has 30 heavy (non-hydrogen) atoms. The van der Waals surface area contributed by atoms with Crippen molar-refractivity contribution in [1.29, 1.82) is 0 Å². The van der Waals surface area contributed by atoms with Gasteiger partial charge in [-0.05, 0) is 38.3 Å². The number of nitrogens with zero attached hydrogens (tertiary/aromatic N) is 2. The molecule has 3 rings (SSSR count). The summed E-state index contributed by atoms with van der Waals surface area (Å²) in [5.74, 6) is -0.712. The van der Waals surface area contributed by atoms with Crippen LogP contribution in [0.25, 0.3) is 0 Å². The molecular formula is C17H17Cl2F3N4O3S. The Bertz CT molecular complexity index is 1090. The van der Waals surface area contributed by atoms with E-state index in [1.807, 2.05) is 0 Å². The van der Waals surface area contributed by atoms with Gasteiger partial charge in [0, 0.05) is 24.1 Å². The van der Waals surface area contributed by atoms with Crippen LogP contribution in [0.1, 0.15) is 35.9 Å². The summed E-state index contributed by atoms with van der Waals surface area (Å²) in [6, 6.07) is 0.536. The predicted octanol–water partition coefficient (Wildman–Crippen LogP) is 4.01. The Morgan fingerprint density at radius 2 is 2.00 bits per heavy atom. The summed E-state index contributed by atoms with van der Waals surface area (Å²) in [4.78, 5) is 16.2. The molecule has 7 nitrogen and oxygen atoms in total. The summed E-state index contributed by atoms with van der Waals surface area (Å²) >= 11 is 12.1. The predicted molar refractivity (Wildman–Crippen MR) is 105 cm³/mol. The highest BCUT2D eigenvalue weighted by Gasteiger charge is 2.41. The van der Waals surface area contributed by atoms with Crippen LogP contribution in [0.3, 0.4) is 0 Å². The average molecular weight is 485 g/mol. The summed E-state index contributed by atoms with van der Waals surface area (Å²) in [7, 11) is -4.64. The number of amides is 1. The maximum absolute atomic E-state index is 12.9. The maximum atomic E-state index is 12.9. The fraction of sp³-hybridized carbons (Fsp3) is 0.412. The smallest absolute Gasteiger partial charge is 0.338 e. The lowest BCUT2D eigenvalue weighted by atomic mass is 10.1. The van der Waals surface area contributed by atoms with Gasteiger partial charge in [0.05, 0.1) is 5.02 Å². The van der Waals surface area contributed by atoms with Crippen molar-refractivity contribution in [3.8, 4) is 0 Å². The van der Waals surface area contributed by atoms with E-state index in [1.165, 1.54) is 22.9 Å². The van der Waals surface area contributed by atoms with Crippen molar-refractivity contribution in [2.45, 2.75) is 49.8 Å². The molecule has 0 radical (unpaired) electrons. The van der Waals surface area contributed by atoms with E-state index in [0.29, 0.717) is 32.0 Å². The van der Waals surface area contributed by atoms with Crippen molar-refractivity contribution >= 4 is 44.8 Å². The van der Waals surface area contributed by atoms with Gasteiger partial charge >= 0.3 is 6.18 Å². The minimum absolute atomic E-state index is 0.129. The van der Waals surface area contributed by atoms with Crippen molar-refractivity contribution in [2.24, 2.45) is 0 Å². The monoisotopic (exact) mass is 484 g/mol. The first-order valence-electron chi connectivity index (χ1n) is 8.84. The van der Waals surface area contributed by atoms with E-state index < -0.39 is 38.1 Å². The second kappa shape index (κ2) is 8.37. The van der Waals surface area contributed by atoms with Gasteiger partial charge in [-0.25, -0.2) is 13.4 Å². The average Bonchev–Trinajstić information content (AvgIpc) is 2.93. The molecule has 2 aromatic rings. The molecule has 1 aliphatic heterocycles. The van der Waals surface area contributed by atoms with Crippen molar-refractivity contribution in [2.75, 3.05) is 5.32 Å². The number of halogens is 5. The Balaban J connectivity index is 2.04. The molecule has 0 saturated heterocycles. The summed E-state index contributed by atoms with van der Waals surface area (Å²) < 4.78 is 67.2. The minimum Gasteiger partial charge on any atom is -0.338 e. The van der Waals surface area contributed by atoms with E-state index in [0.717, 1.165) is 0 Å². The van der Waals surface area contributed by atoms with Gasteiger partial charge in [0.2, 0.25) is 10.0 Å². The molecule has 2 aromatic heterocycles. The molecule has 0 saturated carbocycles. The zero-order chi connectivity index (χ0) is 22.3. The van der Waals surface area contributed by atoms with Crippen molar-refractivity contribution in [1.82, 2.24) is 14.3 Å². The highest BCUT2D eigenvalue weighted by atomic mass is 35.5. The van der Waals surface area contributed by atoms with Crippen LogP contribution in [0.4, 0.5) is 18.9 Å². The lowest BCUT2D eigenvalue weighted by molar-refractivity contribution is -0.147. The quantitative estimate of drug-likeness (QED) is 0.627. The second-order valence-corrected chi connectivity index (χ2v) is 9.17. The van der Waals surface area contributed by atoms with Gasteiger partial charge in [0.15, 0.2) is 0 Å². The molecule has 13 heteroatoms. The normalized spacial score (nSPS) is 15.5. The number of alkyl halides is 3. The molecule has 164 valence electrons. The van der Waals surface area contributed by atoms with Crippen molar-refractivity contribution in [3.05, 3.63) is 39.9 Å². The lowest BCUT2D eigenvalue weighted by Crippen LogP contribution is -2.43. The van der Waals surface area contributed by atoms with Crippen LogP contribution < -0.4 is 10.0 Å². The Kier molecular flexibility index (Phi) is 6.38. The first-order valence-corrected chi connectivity index (χ1v) is 11.1. The summed E-state index contributed by atoms with van der Waals surface area (Å²) in [5, 5.41) is 2.26. The van der Waals surface area contributed by atoms with Crippen LogP contribution in [0.15, 0.2) is 23.2 Å². The molecule has 1 aliphatic rings. The molecule has 1 atom stereocenters. The van der Waals surface area contributed by atoms with Gasteiger partial charge in [0.25, 0.3) is 5.91 Å². The number of hydrogen-bond donors (Lipinski definition) is 2. The van der Waals surface area contributed by atoms with Crippen LogP contribution in [0.5, 0.6) is 0 Å². The number of hydrogen-bond acceptors (Lipinski definition) is 4. The van der Waals surface area contributed by atoms with E-state index in [-0.39, 0.29) is 23.0 Å². The van der Waals surface area contributed by atoms with E-state index in [1.54, 1.807) is 4.72 Å². The fourth-order valence-corrected chi connectivity index (χ4v) is 5.54. The molecule has 3 heterocycles. The first kappa shape index (κ1) is 22.9. The number of carbonyl (C=O) groups excluding carboxylic acids is 1. The second-order valence-electron chi connectivity index (χ2n) is 6.75. The summed E-state index contributed by atoms with van der Waals surface area (Å²) in [6.07, 6.45) is -1.89. The highest BCUT2D eigenvalue weighted by molar-refractivity contribution is 7.89. The van der Waals surface area contributed by atoms with Crippen molar-refractivity contribution < 1.29 is 26.4 Å². The number of fused-ring (bicyclic) bond motifs is 1. The third kappa shape index (κ3) is 4.58. The minimum atomic E-state index is -4.78. The van der Waals surface area contributed by atoms with Crippen molar-refractivity contribution in [3.63, 3.8) is 0 Å². The number of rotatable bonds is 5. The number of carbonyl (C=O) groups is 1. The maximum Gasteiger partial charge on any atom is 0.404 e. The van der Waals surface area contributed by atoms with Crippen LogP contribution in [-0.2, 0) is 23.0 Å². The largest absolute Gasteiger partial charge is 0.404 e. The van der Waals surface area contributed by atoms with Gasteiger partial charge in [-0.2, -0.15) is 17.9 Å². The first-order chi connectivity index (χ1) is 13.9. The van der Waals surface area contributed by atoms with Gasteiger partial charge in [-0.3, -0.25) is 4.79 Å². The third-order valence-electron chi connectivity index (χ3n) is 4.60. The Hall–Kier alpha value is -1.82. The number of aromatic nitrogens is 2. The van der Waals surface area contributed by atoms with E-state index in [9.17, 15) is 26.4 Å². The van der Waals surface area contributed by atoms with Gasteiger partial charge < -0.3 is 9.88 Å². The number of pyridine rings is 1. The molecular weight excluding hydrogens is 468 g/mol. The number of sulfonamides is 1. The molecule has 0 aromatic carbocycles. The van der Waals surface area contributed by atoms with Crippen LogP contribution in [0, 0.1) is 0 Å². The highest BCUT2D eigenvalue weighted by Crippen LogP contribution is 2.36. The lowest BCUT2D eigenvalue weighted by Gasteiger charge is -2.20. The Morgan fingerprint density at radius 3 is 2.63 bits per heavy atom. The Labute approximate surface area is 180 Å². The molecule has 0 spiro atoms. The molecule has 1 unspecified atom stereocenters. The van der Waals surface area contributed by atoms with Crippen LogP contribution >= 0.6 is 23.2 Å². The third-order valence-corrected chi connectivity index (χ3v) is 6.93. The number of nitrogens with one attached hydrogen (secondary N) is 2. The van der Waals surface area contributed by atoms with Crippen LogP contribution in [-0.4, -0.2) is 36.1 Å². The van der Waals surface area contributed by atoms with E-state index in [2.05, 4.69) is 10.3 Å². The number of anilines is 1. The topological polar surface area (TPSA) is 93.1 Å². The van der Waals surface area contributed by atoms with E-state index >= 15 is 0 Å². The Morgan fingerprint density at radius 1 is 1.30 bits per heavy atom. The summed E-state index contributed by atoms with van der Waals surface area (Å²) in [5.41, 5.74) is 0.362. The summed E-state index contributed by atoms with van der Waals surface area (Å²) in [6.45, 7) is 0.994. The zero-order valence-electron chi connectivity index (χ0n) is 15.6. The van der Waals surface area contributed by atoms with Crippen LogP contribution in [0.2, 0.25) is 10.2 Å². The van der Waals surface area contributed by atoms with E-state index in [4.69, 9.17) is 23.2 Å². The fourth-order valence-electron chi connectivity index (χ4n) is 3.19. The molecule has 1 amide bonds. The SMILES string of the molecule is CC(NS(=O)(=O)c1c(Cl)c(C(=O)Nc2ccnc(Cl)c2)n2c1CCCC2)C(F)(F)F. The van der Waals surface area contributed by atoms with Gasteiger partial charge in [0.1, 0.15) is 21.8 Å². The molecule has 0 bridgehead atoms. The molecule has 0 aliphatic carbocycles. The molecule has 0 fully saturated rings. The standard InChI is InChI=1S/C17H17Cl2F3N4O3S/c1-9(17(20,21)22)25-30(28,29)15-11-4-2-3-7-26(11)14(13(15)19)16(27)24-10-5-6-23-12(18)8-10/h5-6,8-9,25H,2-4,7H2,1H3,(H,23,24,27). The molecule has 2 N–H and O–H groups in total.